The van der Waals surface area contributed by atoms with Crippen LogP contribution >= 0.6 is 12.6 Å². The smallest absolute Gasteiger partial charge is 0.449 e. The fraction of sp³-hybridized carbons (Fsp3) is 0.174. The van der Waals surface area contributed by atoms with Crippen LogP contribution in [0.25, 0.3) is 11.1 Å². The molecule has 31 heavy (non-hydrogen) atoms. The van der Waals surface area contributed by atoms with E-state index in [1.165, 1.54) is 13.0 Å². The number of fused-ring (bicyclic) bond motifs is 3. The Hall–Kier alpha value is -2.87. The van der Waals surface area contributed by atoms with Gasteiger partial charge >= 0.3 is 13.1 Å². The van der Waals surface area contributed by atoms with Crippen LogP contribution in [0.15, 0.2) is 65.6 Å². The minimum absolute atomic E-state index is 0.0733. The van der Waals surface area contributed by atoms with Crippen molar-refractivity contribution in [2.24, 2.45) is 0 Å². The number of amides is 1. The largest absolute Gasteiger partial charge is 0.509 e. The van der Waals surface area contributed by atoms with E-state index in [9.17, 15) is 17.7 Å². The molecule has 8 heteroatoms. The Morgan fingerprint density at radius 3 is 2.19 bits per heavy atom. The maximum Gasteiger partial charge on any atom is 0.509 e. The summed E-state index contributed by atoms with van der Waals surface area (Å²) in [5.74, 6) is -0.0832. The summed E-state index contributed by atoms with van der Waals surface area (Å²) in [6, 6.07) is 18.5. The molecule has 1 aliphatic rings. The van der Waals surface area contributed by atoms with E-state index in [1.807, 2.05) is 48.5 Å². The summed E-state index contributed by atoms with van der Waals surface area (Å²) in [5.41, 5.74) is 4.17. The molecule has 3 nitrogen and oxygen atoms in total. The molecular weight excluding hydrogens is 422 g/mol. The molecule has 0 spiro atoms. The summed E-state index contributed by atoms with van der Waals surface area (Å²) in [4.78, 5) is 12.5. The molecule has 0 saturated heterocycles. The Labute approximate surface area is 184 Å². The summed E-state index contributed by atoms with van der Waals surface area (Å²) in [5, 5.41) is 2.56. The molecule has 0 aliphatic heterocycles. The molecule has 1 N–H and O–H groups in total. The summed E-state index contributed by atoms with van der Waals surface area (Å²) in [7, 11) is 0. The van der Waals surface area contributed by atoms with Crippen LogP contribution in [0.5, 0.6) is 0 Å². The second kappa shape index (κ2) is 8.34. The van der Waals surface area contributed by atoms with Gasteiger partial charge in [0.1, 0.15) is 6.61 Å². The number of carbonyl (C=O) groups is 1. The maximum atomic E-state index is 13.3. The van der Waals surface area contributed by atoms with E-state index < -0.39 is 18.5 Å². The van der Waals surface area contributed by atoms with Crippen molar-refractivity contribution in [3.05, 3.63) is 82.9 Å². The molecule has 0 heterocycles. The van der Waals surface area contributed by atoms with Crippen molar-refractivity contribution in [2.75, 3.05) is 6.61 Å². The SMILES string of the molecule is Cc1c(CNC(=O)OCC2c3ccccc3-c3ccccc32)cc(S)cc1[B-](F)(F)F. The zero-order valence-electron chi connectivity index (χ0n) is 16.7. The number of halogens is 3. The van der Waals surface area contributed by atoms with Gasteiger partial charge in [0.05, 0.1) is 0 Å². The van der Waals surface area contributed by atoms with Gasteiger partial charge in [-0.1, -0.05) is 60.2 Å². The van der Waals surface area contributed by atoms with Crippen LogP contribution in [-0.4, -0.2) is 19.7 Å². The highest BCUT2D eigenvalue weighted by Crippen LogP contribution is 2.44. The number of alkyl carbamates (subject to hydrolysis) is 1. The van der Waals surface area contributed by atoms with Gasteiger partial charge in [-0.3, -0.25) is 0 Å². The molecule has 0 bridgehead atoms. The van der Waals surface area contributed by atoms with Crippen LogP contribution in [0.2, 0.25) is 0 Å². The van der Waals surface area contributed by atoms with Crippen LogP contribution < -0.4 is 10.8 Å². The highest BCUT2D eigenvalue weighted by Gasteiger charge is 2.30. The van der Waals surface area contributed by atoms with Gasteiger partial charge in [0.25, 0.3) is 0 Å². The van der Waals surface area contributed by atoms with E-state index in [-0.39, 0.29) is 29.5 Å². The molecule has 160 valence electrons. The summed E-state index contributed by atoms with van der Waals surface area (Å²) in [6.45, 7) is -3.70. The third kappa shape index (κ3) is 4.30. The first kappa shape index (κ1) is 21.4. The number of nitrogens with one attached hydrogen (secondary N) is 1. The van der Waals surface area contributed by atoms with E-state index >= 15 is 0 Å². The van der Waals surface area contributed by atoms with Gasteiger partial charge < -0.3 is 23.0 Å². The first-order chi connectivity index (χ1) is 14.8. The first-order valence-electron chi connectivity index (χ1n) is 9.87. The van der Waals surface area contributed by atoms with Crippen molar-refractivity contribution in [2.45, 2.75) is 24.3 Å². The number of hydrogen-bond donors (Lipinski definition) is 2. The van der Waals surface area contributed by atoms with Crippen molar-refractivity contribution in [1.82, 2.24) is 5.32 Å². The molecule has 0 atom stereocenters. The number of hydrogen-bond acceptors (Lipinski definition) is 3. The highest BCUT2D eigenvalue weighted by molar-refractivity contribution is 7.80. The fourth-order valence-electron chi connectivity index (χ4n) is 4.12. The number of rotatable bonds is 5. The van der Waals surface area contributed by atoms with Crippen molar-refractivity contribution in [3.8, 4) is 11.1 Å². The Morgan fingerprint density at radius 1 is 1.03 bits per heavy atom. The van der Waals surface area contributed by atoms with Gasteiger partial charge in [-0.05, 0) is 40.8 Å². The van der Waals surface area contributed by atoms with Crippen LogP contribution in [0.3, 0.4) is 0 Å². The fourth-order valence-corrected chi connectivity index (χ4v) is 4.42. The topological polar surface area (TPSA) is 38.3 Å². The number of benzene rings is 3. The minimum Gasteiger partial charge on any atom is -0.449 e. The van der Waals surface area contributed by atoms with Crippen molar-refractivity contribution in [3.63, 3.8) is 0 Å². The lowest BCUT2D eigenvalue weighted by Crippen LogP contribution is -2.37. The lowest BCUT2D eigenvalue weighted by molar-refractivity contribution is 0.142. The Bertz CT molecular complexity index is 1100. The predicted molar refractivity (Wildman–Crippen MR) is 119 cm³/mol. The highest BCUT2D eigenvalue weighted by atomic mass is 32.1. The molecule has 0 radical (unpaired) electrons. The van der Waals surface area contributed by atoms with Gasteiger partial charge in [-0.2, -0.15) is 0 Å². The molecular formula is C23H20BF3NO2S-. The van der Waals surface area contributed by atoms with Gasteiger partial charge in [0.2, 0.25) is 0 Å². The second-order valence-electron chi connectivity index (χ2n) is 7.57. The number of carbonyl (C=O) groups excluding carboxylic acids is 1. The van der Waals surface area contributed by atoms with Crippen molar-refractivity contribution in [1.29, 1.82) is 0 Å². The molecule has 0 unspecified atom stereocenters. The molecule has 1 amide bonds. The predicted octanol–water partition coefficient (Wildman–Crippen LogP) is 5.38. The number of ether oxygens (including phenoxy) is 1. The first-order valence-corrected chi connectivity index (χ1v) is 10.3. The normalized spacial score (nSPS) is 12.9. The zero-order valence-corrected chi connectivity index (χ0v) is 17.6. The maximum absolute atomic E-state index is 13.3. The van der Waals surface area contributed by atoms with Crippen LogP contribution in [0.4, 0.5) is 17.7 Å². The lowest BCUT2D eigenvalue weighted by atomic mass is 9.76. The Kier molecular flexibility index (Phi) is 5.75. The Morgan fingerprint density at radius 2 is 1.61 bits per heavy atom. The molecule has 4 rings (SSSR count). The van der Waals surface area contributed by atoms with Crippen LogP contribution in [0.1, 0.15) is 28.2 Å². The Balaban J connectivity index is 1.44. The molecule has 3 aromatic carbocycles. The standard InChI is InChI=1S/C23H20BF3NO2S/c1-14-15(10-16(31)11-22(14)24(25,26)27)12-28-23(29)30-13-21-19-8-4-2-6-17(19)18-7-3-5-9-20(18)21/h2-11,21,31H,12-13H2,1H3,(H,28,29)/q-1. The van der Waals surface area contributed by atoms with E-state index in [1.54, 1.807) is 0 Å². The van der Waals surface area contributed by atoms with Gasteiger partial charge in [-0.25, -0.2) is 4.79 Å². The molecule has 0 saturated carbocycles. The molecule has 3 aromatic rings. The molecule has 0 aromatic heterocycles. The summed E-state index contributed by atoms with van der Waals surface area (Å²) < 4.78 is 45.2. The average Bonchev–Trinajstić information content (AvgIpc) is 3.05. The van der Waals surface area contributed by atoms with Crippen molar-refractivity contribution >= 4 is 31.2 Å². The van der Waals surface area contributed by atoms with Gasteiger partial charge in [-0.15, -0.1) is 18.1 Å². The number of thiol groups is 1. The van der Waals surface area contributed by atoms with Crippen LogP contribution in [0, 0.1) is 6.92 Å². The summed E-state index contributed by atoms with van der Waals surface area (Å²) in [6.07, 6.45) is -0.676. The molecule has 1 aliphatic carbocycles. The zero-order chi connectivity index (χ0) is 22.2. The lowest BCUT2D eigenvalue weighted by Gasteiger charge is -2.21. The quantitative estimate of drug-likeness (QED) is 0.412. The third-order valence-electron chi connectivity index (χ3n) is 5.66. The minimum atomic E-state index is -5.16. The van der Waals surface area contributed by atoms with E-state index in [0.29, 0.717) is 5.56 Å². The van der Waals surface area contributed by atoms with E-state index in [0.717, 1.165) is 28.3 Å². The van der Waals surface area contributed by atoms with Crippen LogP contribution in [-0.2, 0) is 11.3 Å². The van der Waals surface area contributed by atoms with Gasteiger partial charge in [0, 0.05) is 17.4 Å². The monoisotopic (exact) mass is 442 g/mol. The third-order valence-corrected chi connectivity index (χ3v) is 5.92. The van der Waals surface area contributed by atoms with Gasteiger partial charge in [0.15, 0.2) is 0 Å². The second-order valence-corrected chi connectivity index (χ2v) is 8.09. The summed E-state index contributed by atoms with van der Waals surface area (Å²) >= 11 is 4.07. The van der Waals surface area contributed by atoms with E-state index in [4.69, 9.17) is 4.74 Å². The van der Waals surface area contributed by atoms with E-state index in [2.05, 4.69) is 17.9 Å². The average molecular weight is 442 g/mol. The van der Waals surface area contributed by atoms with Crippen molar-refractivity contribution < 1.29 is 22.5 Å². The molecule has 0 fully saturated rings.